The van der Waals surface area contributed by atoms with Crippen molar-refractivity contribution in [2.45, 2.75) is 19.3 Å². The van der Waals surface area contributed by atoms with Gasteiger partial charge < -0.3 is 4.57 Å². The molecule has 3 heterocycles. The van der Waals surface area contributed by atoms with E-state index < -0.39 is 0 Å². The standard InChI is InChI=1S/C55H36N4/c1-55(2)45-23-10-7-18-38(45)40-21-13-22-44(51(40)55)52-42-20-8-11-24-46(42)56-54(57-52)59-48-31-27-33-14-3-5-16-36(33)50(48)43-30-28-35(32-49(43)59)58-47-25-12-9-19-39(47)41-29-26-34-15-4-6-17-37(34)53(41)58/h3-32H,1-2H3. The molecule has 0 radical (unpaired) electrons. The fraction of sp³-hybridized carbons (Fsp3) is 0.0545. The van der Waals surface area contributed by atoms with E-state index in [2.05, 4.69) is 205 Å². The van der Waals surface area contributed by atoms with Crippen LogP contribution in [0.2, 0.25) is 0 Å². The Bertz CT molecular complexity index is 3770. The van der Waals surface area contributed by atoms with Crippen molar-refractivity contribution in [3.8, 4) is 34.0 Å². The van der Waals surface area contributed by atoms with E-state index in [1.807, 2.05) is 0 Å². The van der Waals surface area contributed by atoms with E-state index in [9.17, 15) is 0 Å². The smallest absolute Gasteiger partial charge is 0.235 e. The monoisotopic (exact) mass is 752 g/mol. The van der Waals surface area contributed by atoms with Crippen molar-refractivity contribution >= 4 is 76.1 Å². The molecule has 0 spiro atoms. The van der Waals surface area contributed by atoms with E-state index in [1.54, 1.807) is 0 Å². The first-order chi connectivity index (χ1) is 29.0. The Morgan fingerprint density at radius 3 is 1.97 bits per heavy atom. The van der Waals surface area contributed by atoms with E-state index in [1.165, 1.54) is 76.4 Å². The van der Waals surface area contributed by atoms with Crippen molar-refractivity contribution < 1.29 is 0 Å². The van der Waals surface area contributed by atoms with E-state index in [4.69, 9.17) is 9.97 Å². The first-order valence-corrected chi connectivity index (χ1v) is 20.4. The summed E-state index contributed by atoms with van der Waals surface area (Å²) in [4.78, 5) is 11.1. The van der Waals surface area contributed by atoms with Crippen molar-refractivity contribution in [3.63, 3.8) is 0 Å². The maximum Gasteiger partial charge on any atom is 0.235 e. The maximum absolute atomic E-state index is 5.68. The third kappa shape index (κ3) is 4.38. The Hall–Kier alpha value is -7.56. The summed E-state index contributed by atoms with van der Waals surface area (Å²) >= 11 is 0. The van der Waals surface area contributed by atoms with Gasteiger partial charge in [-0.1, -0.05) is 166 Å². The summed E-state index contributed by atoms with van der Waals surface area (Å²) in [6.45, 7) is 4.70. The van der Waals surface area contributed by atoms with E-state index in [0.29, 0.717) is 5.95 Å². The number of nitrogens with zero attached hydrogens (tertiary/aromatic N) is 4. The van der Waals surface area contributed by atoms with E-state index >= 15 is 0 Å². The fourth-order valence-corrected chi connectivity index (χ4v) is 10.5. The van der Waals surface area contributed by atoms with Gasteiger partial charge in [-0.05, 0) is 68.7 Å². The van der Waals surface area contributed by atoms with Gasteiger partial charge in [-0.2, -0.15) is 0 Å². The lowest BCUT2D eigenvalue weighted by Gasteiger charge is -2.24. The van der Waals surface area contributed by atoms with E-state index in [-0.39, 0.29) is 5.41 Å². The van der Waals surface area contributed by atoms with Crippen LogP contribution in [0.3, 0.4) is 0 Å². The zero-order valence-corrected chi connectivity index (χ0v) is 32.6. The van der Waals surface area contributed by atoms with Crippen molar-refractivity contribution in [3.05, 3.63) is 193 Å². The number of fused-ring (bicyclic) bond motifs is 14. The van der Waals surface area contributed by atoms with Crippen LogP contribution in [0.5, 0.6) is 0 Å². The molecule has 0 aliphatic heterocycles. The van der Waals surface area contributed by atoms with Crippen LogP contribution < -0.4 is 0 Å². The Labute approximate surface area is 340 Å². The van der Waals surface area contributed by atoms with Crippen LogP contribution in [0, 0.1) is 0 Å². The molecule has 59 heavy (non-hydrogen) atoms. The average molecular weight is 753 g/mol. The Kier molecular flexibility index (Phi) is 6.48. The summed E-state index contributed by atoms with van der Waals surface area (Å²) in [5.41, 5.74) is 13.7. The summed E-state index contributed by atoms with van der Waals surface area (Å²) in [5, 5.41) is 10.8. The quantitative estimate of drug-likeness (QED) is 0.180. The second-order valence-electron chi connectivity index (χ2n) is 16.5. The highest BCUT2D eigenvalue weighted by Gasteiger charge is 2.38. The number of para-hydroxylation sites is 2. The molecule has 0 unspecified atom stereocenters. The summed E-state index contributed by atoms with van der Waals surface area (Å²) in [6, 6.07) is 66.3. The minimum atomic E-state index is -0.206. The Balaban J connectivity index is 1.15. The first kappa shape index (κ1) is 32.5. The van der Waals surface area contributed by atoms with Gasteiger partial charge >= 0.3 is 0 Å². The van der Waals surface area contributed by atoms with Crippen LogP contribution in [0.1, 0.15) is 25.0 Å². The second kappa shape index (κ2) is 11.7. The molecule has 0 fully saturated rings. The molecule has 4 heteroatoms. The summed E-state index contributed by atoms with van der Waals surface area (Å²) in [5.74, 6) is 0.657. The van der Waals surface area contributed by atoms with Crippen LogP contribution in [0.25, 0.3) is 110 Å². The lowest BCUT2D eigenvalue weighted by atomic mass is 9.79. The largest absolute Gasteiger partial charge is 0.309 e. The zero-order valence-electron chi connectivity index (χ0n) is 32.6. The SMILES string of the molecule is CC1(C)c2ccccc2-c2cccc(-c3nc(-n4c5cc(-n6c7ccccc7c7ccc8ccccc8c76)ccc5c5c6ccccc6ccc54)nc4ccccc34)c21. The highest BCUT2D eigenvalue weighted by Crippen LogP contribution is 2.52. The molecule has 12 aromatic rings. The van der Waals surface area contributed by atoms with Crippen molar-refractivity contribution in [2.75, 3.05) is 0 Å². The Morgan fingerprint density at radius 2 is 1.08 bits per heavy atom. The molecule has 13 rings (SSSR count). The third-order valence-corrected chi connectivity index (χ3v) is 13.1. The molecule has 4 nitrogen and oxygen atoms in total. The van der Waals surface area contributed by atoms with Crippen LogP contribution >= 0.6 is 0 Å². The minimum absolute atomic E-state index is 0.206. The predicted molar refractivity (Wildman–Crippen MR) is 246 cm³/mol. The highest BCUT2D eigenvalue weighted by molar-refractivity contribution is 6.22. The maximum atomic E-state index is 5.68. The van der Waals surface area contributed by atoms with Gasteiger partial charge in [0.25, 0.3) is 0 Å². The van der Waals surface area contributed by atoms with Gasteiger partial charge in [-0.3, -0.25) is 4.57 Å². The van der Waals surface area contributed by atoms with Crippen molar-refractivity contribution in [1.82, 2.24) is 19.1 Å². The molecule has 0 saturated heterocycles. The van der Waals surface area contributed by atoms with Crippen LogP contribution in [0.15, 0.2) is 182 Å². The third-order valence-electron chi connectivity index (χ3n) is 13.1. The molecule has 1 aliphatic carbocycles. The van der Waals surface area contributed by atoms with Crippen LogP contribution in [0.4, 0.5) is 0 Å². The highest BCUT2D eigenvalue weighted by atomic mass is 15.2. The molecular weight excluding hydrogens is 717 g/mol. The molecule has 0 N–H and O–H groups in total. The molecule has 0 saturated carbocycles. The molecule has 276 valence electrons. The van der Waals surface area contributed by atoms with Crippen LogP contribution in [-0.4, -0.2) is 19.1 Å². The second-order valence-corrected chi connectivity index (χ2v) is 16.5. The van der Waals surface area contributed by atoms with Gasteiger partial charge in [-0.15, -0.1) is 0 Å². The summed E-state index contributed by atoms with van der Waals surface area (Å²) in [6.07, 6.45) is 0. The molecule has 3 aromatic heterocycles. The molecule has 9 aromatic carbocycles. The van der Waals surface area contributed by atoms with Gasteiger partial charge in [-0.25, -0.2) is 9.97 Å². The summed E-state index contributed by atoms with van der Waals surface area (Å²) in [7, 11) is 0. The molecular formula is C55H36N4. The number of rotatable bonds is 3. The molecule has 1 aliphatic rings. The predicted octanol–water partition coefficient (Wildman–Crippen LogP) is 14.1. The molecule has 0 amide bonds. The first-order valence-electron chi connectivity index (χ1n) is 20.4. The number of benzene rings is 9. The van der Waals surface area contributed by atoms with Crippen LogP contribution in [-0.2, 0) is 5.41 Å². The van der Waals surface area contributed by atoms with Crippen molar-refractivity contribution in [2.24, 2.45) is 0 Å². The average Bonchev–Trinajstić information content (AvgIpc) is 3.89. The lowest BCUT2D eigenvalue weighted by molar-refractivity contribution is 0.662. The number of hydrogen-bond acceptors (Lipinski definition) is 2. The van der Waals surface area contributed by atoms with Gasteiger partial charge in [0.2, 0.25) is 5.95 Å². The minimum Gasteiger partial charge on any atom is -0.309 e. The summed E-state index contributed by atoms with van der Waals surface area (Å²) < 4.78 is 4.76. The molecule has 0 atom stereocenters. The van der Waals surface area contributed by atoms with Gasteiger partial charge in [0.05, 0.1) is 33.3 Å². The molecule has 0 bridgehead atoms. The normalized spacial score (nSPS) is 13.4. The number of hydrogen-bond donors (Lipinski definition) is 0. The zero-order chi connectivity index (χ0) is 39.0. The van der Waals surface area contributed by atoms with Gasteiger partial charge in [0, 0.05) is 49.0 Å². The van der Waals surface area contributed by atoms with Crippen molar-refractivity contribution in [1.29, 1.82) is 0 Å². The Morgan fingerprint density at radius 1 is 0.424 bits per heavy atom. The van der Waals surface area contributed by atoms with Gasteiger partial charge in [0.15, 0.2) is 0 Å². The fourth-order valence-electron chi connectivity index (χ4n) is 10.5. The lowest BCUT2D eigenvalue weighted by Crippen LogP contribution is -2.16. The topological polar surface area (TPSA) is 35.6 Å². The number of aromatic nitrogens is 4. The van der Waals surface area contributed by atoms with E-state index in [0.717, 1.165) is 38.9 Å². The van der Waals surface area contributed by atoms with Gasteiger partial charge in [0.1, 0.15) is 0 Å².